The first-order valence-electron chi connectivity index (χ1n) is 5.70. The lowest BCUT2D eigenvalue weighted by Gasteiger charge is -2.09. The molecule has 7 N–H and O–H groups in total. The molecule has 3 atom stereocenters. The molecule has 0 radical (unpaired) electrons. The molecule has 112 valence electrons. The normalized spacial score (nSPS) is 14.8. The largest absolute Gasteiger partial charge is 0.481 e. The summed E-state index contributed by atoms with van der Waals surface area (Å²) in [6.45, 7) is 5.15. The van der Waals surface area contributed by atoms with Crippen molar-refractivity contribution in [1.82, 2.24) is 0 Å². The number of nitrogens with two attached hydrogens (primary N) is 2. The number of carbonyl (C=O) groups is 3. The molecular formula is C11H22N2O6. The fourth-order valence-corrected chi connectivity index (χ4v) is 0.976. The van der Waals surface area contributed by atoms with E-state index < -0.39 is 35.9 Å². The molecule has 0 aromatic heterocycles. The van der Waals surface area contributed by atoms with Crippen LogP contribution >= 0.6 is 0 Å². The topological polar surface area (TPSA) is 164 Å². The Bertz CT molecular complexity index is 300. The highest BCUT2D eigenvalue weighted by atomic mass is 16.4. The average Bonchev–Trinajstić information content (AvgIpc) is 2.26. The van der Waals surface area contributed by atoms with E-state index in [2.05, 4.69) is 0 Å². The smallest absolute Gasteiger partial charge is 0.321 e. The van der Waals surface area contributed by atoms with Gasteiger partial charge < -0.3 is 26.8 Å². The summed E-state index contributed by atoms with van der Waals surface area (Å²) in [5.41, 5.74) is 10.2. The molecule has 0 rings (SSSR count). The van der Waals surface area contributed by atoms with Gasteiger partial charge in [0, 0.05) is 0 Å². The molecule has 0 aliphatic rings. The molecule has 1 unspecified atom stereocenters. The number of rotatable bonds is 6. The summed E-state index contributed by atoms with van der Waals surface area (Å²) in [5, 5.41) is 24.8. The van der Waals surface area contributed by atoms with Crippen LogP contribution in [0.1, 0.15) is 27.2 Å². The Morgan fingerprint density at radius 2 is 1.32 bits per heavy atom. The van der Waals surface area contributed by atoms with Gasteiger partial charge in [-0.25, -0.2) is 0 Å². The summed E-state index contributed by atoms with van der Waals surface area (Å²) in [5.74, 6) is -4.10. The number of aliphatic carboxylic acids is 3. The fraction of sp³-hybridized carbons (Fsp3) is 0.727. The molecule has 0 saturated heterocycles. The van der Waals surface area contributed by atoms with Crippen molar-refractivity contribution in [2.24, 2.45) is 23.3 Å². The van der Waals surface area contributed by atoms with Crippen LogP contribution in [0.25, 0.3) is 0 Å². The van der Waals surface area contributed by atoms with Gasteiger partial charge >= 0.3 is 17.9 Å². The Hall–Kier alpha value is -1.67. The van der Waals surface area contributed by atoms with Gasteiger partial charge in [0.25, 0.3) is 0 Å². The monoisotopic (exact) mass is 278 g/mol. The maximum absolute atomic E-state index is 10.1. The summed E-state index contributed by atoms with van der Waals surface area (Å²) < 4.78 is 0. The molecule has 0 aliphatic heterocycles. The maximum Gasteiger partial charge on any atom is 0.321 e. The van der Waals surface area contributed by atoms with E-state index in [0.29, 0.717) is 12.3 Å². The molecule has 0 bridgehead atoms. The highest BCUT2D eigenvalue weighted by Crippen LogP contribution is 2.01. The zero-order chi connectivity index (χ0) is 15.7. The molecule has 8 nitrogen and oxygen atoms in total. The molecule has 8 heteroatoms. The minimum atomic E-state index is -1.32. The van der Waals surface area contributed by atoms with Gasteiger partial charge in [0.2, 0.25) is 0 Å². The number of hydrogen-bond donors (Lipinski definition) is 5. The quantitative estimate of drug-likeness (QED) is 0.436. The van der Waals surface area contributed by atoms with Crippen LogP contribution in [0.3, 0.4) is 0 Å². The summed E-state index contributed by atoms with van der Waals surface area (Å²) >= 11 is 0. The van der Waals surface area contributed by atoms with Crippen LogP contribution in [0.15, 0.2) is 0 Å². The van der Waals surface area contributed by atoms with Crippen molar-refractivity contribution in [1.29, 1.82) is 0 Å². The van der Waals surface area contributed by atoms with Gasteiger partial charge in [-0.3, -0.25) is 14.4 Å². The standard InChI is InChI=1S/C6H13NO2.C5H9NO4/c1-4(2)3-5(7)6(8)9;1-2(4(7)8)3(6)5(9)10/h4-5H,3,7H2,1-2H3,(H,8,9);2-3H,6H2,1H3,(H,7,8)(H,9,10)/t5-;2?,3-/m00/s1. The van der Waals surface area contributed by atoms with Crippen molar-refractivity contribution in [3.05, 3.63) is 0 Å². The van der Waals surface area contributed by atoms with E-state index in [4.69, 9.17) is 26.8 Å². The molecule has 0 heterocycles. The van der Waals surface area contributed by atoms with E-state index in [1.54, 1.807) is 0 Å². The molecule has 0 amide bonds. The lowest BCUT2D eigenvalue weighted by Crippen LogP contribution is -2.40. The lowest BCUT2D eigenvalue weighted by molar-refractivity contribution is -0.149. The van der Waals surface area contributed by atoms with Gasteiger partial charge in [0.15, 0.2) is 0 Å². The van der Waals surface area contributed by atoms with E-state index in [1.165, 1.54) is 6.92 Å². The van der Waals surface area contributed by atoms with Gasteiger partial charge in [-0.05, 0) is 19.3 Å². The zero-order valence-electron chi connectivity index (χ0n) is 11.2. The van der Waals surface area contributed by atoms with Crippen molar-refractivity contribution in [3.63, 3.8) is 0 Å². The van der Waals surface area contributed by atoms with Crippen LogP contribution in [0.5, 0.6) is 0 Å². The summed E-state index contributed by atoms with van der Waals surface area (Å²) in [4.78, 5) is 30.3. The predicted octanol–water partition coefficient (Wildman–Crippen LogP) is -0.437. The second kappa shape index (κ2) is 9.29. The fourth-order valence-electron chi connectivity index (χ4n) is 0.976. The van der Waals surface area contributed by atoms with Crippen molar-refractivity contribution >= 4 is 17.9 Å². The minimum Gasteiger partial charge on any atom is -0.481 e. The average molecular weight is 278 g/mol. The Morgan fingerprint density at radius 3 is 1.42 bits per heavy atom. The van der Waals surface area contributed by atoms with Crippen LogP contribution < -0.4 is 11.5 Å². The summed E-state index contributed by atoms with van der Waals surface area (Å²) in [6.07, 6.45) is 0.551. The molecule has 19 heavy (non-hydrogen) atoms. The second-order valence-corrected chi connectivity index (χ2v) is 4.57. The number of hydrogen-bond acceptors (Lipinski definition) is 5. The highest BCUT2D eigenvalue weighted by molar-refractivity contribution is 5.82. The third-order valence-electron chi connectivity index (χ3n) is 2.26. The van der Waals surface area contributed by atoms with Gasteiger partial charge in [-0.2, -0.15) is 0 Å². The Balaban J connectivity index is 0. The van der Waals surface area contributed by atoms with Crippen molar-refractivity contribution in [2.45, 2.75) is 39.3 Å². The van der Waals surface area contributed by atoms with Gasteiger partial charge in [-0.1, -0.05) is 13.8 Å². The van der Waals surface area contributed by atoms with Crippen LogP contribution in [-0.2, 0) is 14.4 Å². The van der Waals surface area contributed by atoms with E-state index in [0.717, 1.165) is 0 Å². The second-order valence-electron chi connectivity index (χ2n) is 4.57. The van der Waals surface area contributed by atoms with E-state index >= 15 is 0 Å². The van der Waals surface area contributed by atoms with Gasteiger partial charge in [-0.15, -0.1) is 0 Å². The Labute approximate surface area is 111 Å². The van der Waals surface area contributed by atoms with Gasteiger partial charge in [0.05, 0.1) is 5.92 Å². The van der Waals surface area contributed by atoms with E-state index in [9.17, 15) is 14.4 Å². The molecule has 0 spiro atoms. The number of carboxylic acids is 3. The van der Waals surface area contributed by atoms with Crippen molar-refractivity contribution in [2.75, 3.05) is 0 Å². The molecular weight excluding hydrogens is 256 g/mol. The molecule has 0 fully saturated rings. The first kappa shape index (κ1) is 19.7. The van der Waals surface area contributed by atoms with Crippen LogP contribution in [0, 0.1) is 11.8 Å². The third kappa shape index (κ3) is 9.98. The summed E-state index contributed by atoms with van der Waals surface area (Å²) in [7, 11) is 0. The Kier molecular flexibility index (Phi) is 9.61. The van der Waals surface area contributed by atoms with Crippen molar-refractivity contribution < 1.29 is 29.7 Å². The first-order chi connectivity index (χ1) is 8.50. The minimum absolute atomic E-state index is 0.357. The molecule has 0 saturated carbocycles. The molecule has 0 aliphatic carbocycles. The van der Waals surface area contributed by atoms with Gasteiger partial charge in [0.1, 0.15) is 12.1 Å². The lowest BCUT2D eigenvalue weighted by atomic mass is 10.0. The third-order valence-corrected chi connectivity index (χ3v) is 2.26. The molecule has 0 aromatic rings. The van der Waals surface area contributed by atoms with Crippen LogP contribution in [-0.4, -0.2) is 45.3 Å². The van der Waals surface area contributed by atoms with Crippen molar-refractivity contribution in [3.8, 4) is 0 Å². The SMILES string of the molecule is CC(C(=O)O)[C@H](N)C(=O)O.CC(C)C[C@H](N)C(=O)O. The maximum atomic E-state index is 10.1. The first-order valence-corrected chi connectivity index (χ1v) is 5.70. The van der Waals surface area contributed by atoms with Crippen LogP contribution in [0.4, 0.5) is 0 Å². The highest BCUT2D eigenvalue weighted by Gasteiger charge is 2.25. The van der Waals surface area contributed by atoms with Crippen LogP contribution in [0.2, 0.25) is 0 Å². The number of carboxylic acid groups (broad SMARTS) is 3. The zero-order valence-corrected chi connectivity index (χ0v) is 11.2. The Morgan fingerprint density at radius 1 is 0.895 bits per heavy atom. The predicted molar refractivity (Wildman–Crippen MR) is 67.5 cm³/mol. The molecule has 0 aromatic carbocycles. The summed E-state index contributed by atoms with van der Waals surface area (Å²) in [6, 6.07) is -2.01. The van der Waals surface area contributed by atoms with E-state index in [1.807, 2.05) is 13.8 Å². The van der Waals surface area contributed by atoms with E-state index in [-0.39, 0.29) is 0 Å².